The van der Waals surface area contributed by atoms with Crippen molar-refractivity contribution >= 4 is 34.0 Å². The van der Waals surface area contributed by atoms with E-state index in [1.54, 1.807) is 24.3 Å². The molecule has 0 unspecified atom stereocenters. The van der Waals surface area contributed by atoms with Crippen LogP contribution in [-0.2, 0) is 17.4 Å². The summed E-state index contributed by atoms with van der Waals surface area (Å²) in [6.07, 6.45) is -4.54. The Labute approximate surface area is 153 Å². The number of carbonyl (C=O) groups is 1. The van der Waals surface area contributed by atoms with E-state index in [4.69, 9.17) is 16.1 Å². The Morgan fingerprint density at radius 2 is 1.96 bits per heavy atom. The minimum absolute atomic E-state index is 0.0663. The molecular weight excluding hydrogens is 395 g/mol. The molecule has 0 aliphatic rings. The Hall–Kier alpha value is -2.53. The molecule has 0 fully saturated rings. The van der Waals surface area contributed by atoms with Crippen LogP contribution in [0.25, 0.3) is 11.4 Å². The highest BCUT2D eigenvalue weighted by Gasteiger charge is 2.35. The Balaban J connectivity index is 1.55. The molecule has 0 spiro atoms. The van der Waals surface area contributed by atoms with E-state index in [9.17, 15) is 18.0 Å². The number of aryl methyl sites for hydroxylation is 1. The maximum absolute atomic E-state index is 12.4. The Morgan fingerprint density at radius 1 is 1.23 bits per heavy atom. The summed E-state index contributed by atoms with van der Waals surface area (Å²) in [5.74, 6) is 0.0236. The van der Waals surface area contributed by atoms with Gasteiger partial charge in [0, 0.05) is 23.4 Å². The van der Waals surface area contributed by atoms with Gasteiger partial charge < -0.3 is 9.84 Å². The van der Waals surface area contributed by atoms with Crippen molar-refractivity contribution in [1.29, 1.82) is 0 Å². The summed E-state index contributed by atoms with van der Waals surface area (Å²) < 4.78 is 42.3. The summed E-state index contributed by atoms with van der Waals surface area (Å²) in [4.78, 5) is 16.0. The third-order valence-corrected chi connectivity index (χ3v) is 4.19. The maximum atomic E-state index is 12.4. The van der Waals surface area contributed by atoms with Gasteiger partial charge in [0.2, 0.25) is 27.8 Å². The lowest BCUT2D eigenvalue weighted by Gasteiger charge is -1.99. The normalized spacial score (nSPS) is 11.5. The molecule has 0 aliphatic heterocycles. The second kappa shape index (κ2) is 7.38. The van der Waals surface area contributed by atoms with Crippen molar-refractivity contribution in [3.63, 3.8) is 0 Å². The van der Waals surface area contributed by atoms with Gasteiger partial charge in [-0.1, -0.05) is 28.1 Å². The van der Waals surface area contributed by atoms with Crippen LogP contribution in [0.3, 0.4) is 0 Å². The van der Waals surface area contributed by atoms with E-state index >= 15 is 0 Å². The average Bonchev–Trinajstić information content (AvgIpc) is 3.22. The van der Waals surface area contributed by atoms with Crippen molar-refractivity contribution in [2.24, 2.45) is 0 Å². The van der Waals surface area contributed by atoms with Gasteiger partial charge in [-0.15, -0.1) is 10.2 Å². The fourth-order valence-electron chi connectivity index (χ4n) is 1.86. The smallest absolute Gasteiger partial charge is 0.339 e. The number of nitrogens with one attached hydrogen (secondary N) is 1. The number of hydrogen-bond acceptors (Lipinski definition) is 7. The van der Waals surface area contributed by atoms with Crippen LogP contribution in [0.5, 0.6) is 0 Å². The van der Waals surface area contributed by atoms with Gasteiger partial charge in [-0.25, -0.2) is 0 Å². The van der Waals surface area contributed by atoms with Crippen LogP contribution in [0.1, 0.15) is 17.3 Å². The van der Waals surface area contributed by atoms with Crippen molar-refractivity contribution in [3.05, 3.63) is 40.2 Å². The molecule has 136 valence electrons. The van der Waals surface area contributed by atoms with Crippen LogP contribution < -0.4 is 5.32 Å². The lowest BCUT2D eigenvalue weighted by molar-refractivity contribution is -0.138. The summed E-state index contributed by atoms with van der Waals surface area (Å²) in [6, 6.07) is 6.80. The summed E-state index contributed by atoms with van der Waals surface area (Å²) in [5.41, 5.74) is 0.697. The van der Waals surface area contributed by atoms with E-state index in [1.807, 2.05) is 0 Å². The Kier molecular flexibility index (Phi) is 5.18. The van der Waals surface area contributed by atoms with Gasteiger partial charge in [0.25, 0.3) is 0 Å². The number of aromatic nitrogens is 4. The molecular formula is C14H9ClF3N5O2S. The topological polar surface area (TPSA) is 93.8 Å². The van der Waals surface area contributed by atoms with Crippen molar-refractivity contribution in [2.75, 3.05) is 5.32 Å². The minimum Gasteiger partial charge on any atom is -0.339 e. The van der Waals surface area contributed by atoms with Crippen molar-refractivity contribution in [1.82, 2.24) is 20.3 Å². The zero-order valence-electron chi connectivity index (χ0n) is 12.7. The second-order valence-corrected chi connectivity index (χ2v) is 6.39. The van der Waals surface area contributed by atoms with E-state index in [-0.39, 0.29) is 35.2 Å². The number of halogens is 4. The third-order valence-electron chi connectivity index (χ3n) is 3.05. The molecule has 3 rings (SSSR count). The standard InChI is InChI=1S/C14H9ClF3N5O2S/c15-8-3-1-7(2-4-8)11-20-10(25-23-11)6-5-9(24)19-13-22-21-12(26-13)14(16,17)18/h1-4H,5-6H2,(H,19,22,24). The predicted molar refractivity (Wildman–Crippen MR) is 86.6 cm³/mol. The van der Waals surface area contributed by atoms with Crippen molar-refractivity contribution < 1.29 is 22.5 Å². The molecule has 26 heavy (non-hydrogen) atoms. The number of amides is 1. The first-order chi connectivity index (χ1) is 12.3. The Morgan fingerprint density at radius 3 is 2.62 bits per heavy atom. The Bertz CT molecular complexity index is 910. The molecule has 0 atom stereocenters. The summed E-state index contributed by atoms with van der Waals surface area (Å²) in [5, 5.41) is 11.5. The zero-order chi connectivity index (χ0) is 18.7. The van der Waals surface area contributed by atoms with E-state index in [1.165, 1.54) is 0 Å². The van der Waals surface area contributed by atoms with Gasteiger partial charge >= 0.3 is 6.18 Å². The van der Waals surface area contributed by atoms with Crippen molar-refractivity contribution in [3.8, 4) is 11.4 Å². The molecule has 2 aromatic heterocycles. The number of anilines is 1. The molecule has 12 heteroatoms. The van der Waals surface area contributed by atoms with Gasteiger partial charge in [0.15, 0.2) is 0 Å². The number of alkyl halides is 3. The van der Waals surface area contributed by atoms with Gasteiger partial charge in [-0.2, -0.15) is 18.2 Å². The van der Waals surface area contributed by atoms with Gasteiger partial charge in [0.05, 0.1) is 0 Å². The molecule has 0 saturated heterocycles. The van der Waals surface area contributed by atoms with Gasteiger partial charge in [-0.3, -0.25) is 4.79 Å². The van der Waals surface area contributed by atoms with Gasteiger partial charge in [-0.05, 0) is 24.3 Å². The fraction of sp³-hybridized carbons (Fsp3) is 0.214. The van der Waals surface area contributed by atoms with Gasteiger partial charge in [0.1, 0.15) is 0 Å². The van der Waals surface area contributed by atoms with Crippen LogP contribution >= 0.6 is 22.9 Å². The molecule has 0 aliphatic carbocycles. The maximum Gasteiger partial charge on any atom is 0.445 e. The first kappa shape index (κ1) is 18.3. The summed E-state index contributed by atoms with van der Waals surface area (Å²) >= 11 is 6.05. The lowest BCUT2D eigenvalue weighted by Crippen LogP contribution is -2.12. The molecule has 3 aromatic rings. The number of carbonyl (C=O) groups excluding carboxylic acids is 1. The van der Waals surface area contributed by atoms with Crippen molar-refractivity contribution in [2.45, 2.75) is 19.0 Å². The molecule has 1 amide bonds. The average molecular weight is 404 g/mol. The second-order valence-electron chi connectivity index (χ2n) is 4.98. The predicted octanol–water partition coefficient (Wildman–Crippen LogP) is 3.83. The lowest BCUT2D eigenvalue weighted by atomic mass is 10.2. The first-order valence-electron chi connectivity index (χ1n) is 7.10. The highest BCUT2D eigenvalue weighted by molar-refractivity contribution is 7.15. The van der Waals surface area contributed by atoms with E-state index in [0.717, 1.165) is 0 Å². The highest BCUT2D eigenvalue weighted by Crippen LogP contribution is 2.33. The molecule has 1 N–H and O–H groups in total. The first-order valence-corrected chi connectivity index (χ1v) is 8.30. The molecule has 7 nitrogen and oxygen atoms in total. The molecule has 0 bridgehead atoms. The number of rotatable bonds is 5. The quantitative estimate of drug-likeness (QED) is 0.695. The monoisotopic (exact) mass is 403 g/mol. The van der Waals surface area contributed by atoms with Crippen LogP contribution in [-0.4, -0.2) is 26.2 Å². The zero-order valence-corrected chi connectivity index (χ0v) is 14.3. The fourth-order valence-corrected chi connectivity index (χ4v) is 2.62. The number of nitrogens with zero attached hydrogens (tertiary/aromatic N) is 4. The molecule has 0 radical (unpaired) electrons. The summed E-state index contributed by atoms with van der Waals surface area (Å²) in [7, 11) is 0. The summed E-state index contributed by atoms with van der Waals surface area (Å²) in [6.45, 7) is 0. The number of benzene rings is 1. The number of hydrogen-bond donors (Lipinski definition) is 1. The van der Waals surface area contributed by atoms with Crippen LogP contribution in [0.2, 0.25) is 5.02 Å². The van der Waals surface area contributed by atoms with E-state index in [2.05, 4.69) is 25.7 Å². The molecule has 2 heterocycles. The minimum atomic E-state index is -4.59. The molecule has 1 aromatic carbocycles. The SMILES string of the molecule is O=C(CCc1nc(-c2ccc(Cl)cc2)no1)Nc1nnc(C(F)(F)F)s1. The van der Waals surface area contributed by atoms with Crippen LogP contribution in [0.15, 0.2) is 28.8 Å². The van der Waals surface area contributed by atoms with Crippen LogP contribution in [0, 0.1) is 0 Å². The third kappa shape index (κ3) is 4.55. The molecule has 0 saturated carbocycles. The van der Waals surface area contributed by atoms with Crippen LogP contribution in [0.4, 0.5) is 18.3 Å². The largest absolute Gasteiger partial charge is 0.445 e. The van der Waals surface area contributed by atoms with E-state index in [0.29, 0.717) is 16.4 Å². The van der Waals surface area contributed by atoms with E-state index < -0.39 is 17.1 Å². The highest BCUT2D eigenvalue weighted by atomic mass is 35.5.